The number of rotatable bonds is 9. The van der Waals surface area contributed by atoms with Gasteiger partial charge in [-0.25, -0.2) is 15.0 Å². The van der Waals surface area contributed by atoms with E-state index in [9.17, 15) is 9.59 Å². The van der Waals surface area contributed by atoms with Crippen molar-refractivity contribution in [3.05, 3.63) is 55.0 Å². The number of hydrogen-bond acceptors (Lipinski definition) is 9. The largest absolute Gasteiger partial charge is 0.368 e. The van der Waals surface area contributed by atoms with Gasteiger partial charge in [0.25, 0.3) is 0 Å². The average molecular weight is 476 g/mol. The summed E-state index contributed by atoms with van der Waals surface area (Å²) < 4.78 is 0. The summed E-state index contributed by atoms with van der Waals surface area (Å²) in [6, 6.07) is 11.3. The van der Waals surface area contributed by atoms with Crippen molar-refractivity contribution in [2.24, 2.45) is 0 Å². The summed E-state index contributed by atoms with van der Waals surface area (Å²) in [5.74, 6) is 2.11. The highest BCUT2D eigenvalue weighted by molar-refractivity contribution is 5.92. The van der Waals surface area contributed by atoms with Crippen LogP contribution in [0.15, 0.2) is 55.0 Å². The number of nitrogens with one attached hydrogen (secondary N) is 3. The van der Waals surface area contributed by atoms with Crippen LogP contribution in [-0.4, -0.2) is 82.5 Å². The second kappa shape index (κ2) is 11.8. The fraction of sp³-hybridized carbons (Fsp3) is 0.333. The van der Waals surface area contributed by atoms with Gasteiger partial charge < -0.3 is 20.9 Å². The predicted octanol–water partition coefficient (Wildman–Crippen LogP) is 1.24. The average Bonchev–Trinajstić information content (AvgIpc) is 2.88. The summed E-state index contributed by atoms with van der Waals surface area (Å²) in [6.07, 6.45) is 5.09. The lowest BCUT2D eigenvalue weighted by molar-refractivity contribution is -0.119. The van der Waals surface area contributed by atoms with Crippen LogP contribution in [0, 0.1) is 0 Å². The van der Waals surface area contributed by atoms with Crippen LogP contribution in [0.25, 0.3) is 11.4 Å². The minimum Gasteiger partial charge on any atom is -0.368 e. The number of anilines is 3. The smallest absolute Gasteiger partial charge is 0.239 e. The Hall–Kier alpha value is -4.12. The zero-order valence-corrected chi connectivity index (χ0v) is 19.6. The lowest BCUT2D eigenvalue weighted by Gasteiger charge is -2.34. The van der Waals surface area contributed by atoms with E-state index in [4.69, 9.17) is 0 Å². The Morgan fingerprint density at radius 1 is 0.971 bits per heavy atom. The Balaban J connectivity index is 1.37. The molecule has 2 aromatic heterocycles. The van der Waals surface area contributed by atoms with Gasteiger partial charge in [0.05, 0.1) is 12.7 Å². The van der Waals surface area contributed by atoms with Crippen molar-refractivity contribution in [3.63, 3.8) is 0 Å². The molecule has 3 N–H and O–H groups in total. The SMILES string of the molecule is CC(=O)NCCNc1cc(NC(=O)CN2CCN(c3cnccn3)CC2)nc(-c2ccccc2)n1. The topological polar surface area (TPSA) is 128 Å². The minimum atomic E-state index is -0.139. The van der Waals surface area contributed by atoms with E-state index in [1.54, 1.807) is 24.7 Å². The fourth-order valence-corrected chi connectivity index (χ4v) is 3.72. The van der Waals surface area contributed by atoms with Gasteiger partial charge in [-0.1, -0.05) is 30.3 Å². The zero-order valence-electron chi connectivity index (χ0n) is 19.6. The van der Waals surface area contributed by atoms with Crippen molar-refractivity contribution in [3.8, 4) is 11.4 Å². The molecule has 11 nitrogen and oxygen atoms in total. The lowest BCUT2D eigenvalue weighted by Crippen LogP contribution is -2.49. The molecule has 0 radical (unpaired) electrons. The predicted molar refractivity (Wildman–Crippen MR) is 134 cm³/mol. The maximum absolute atomic E-state index is 12.8. The van der Waals surface area contributed by atoms with Crippen LogP contribution in [0.1, 0.15) is 6.92 Å². The third-order valence-corrected chi connectivity index (χ3v) is 5.44. The Morgan fingerprint density at radius 2 is 1.74 bits per heavy atom. The van der Waals surface area contributed by atoms with Crippen molar-refractivity contribution in [2.75, 3.05) is 61.3 Å². The van der Waals surface area contributed by atoms with Crippen LogP contribution < -0.4 is 20.9 Å². The van der Waals surface area contributed by atoms with Gasteiger partial charge in [-0.05, 0) is 0 Å². The van der Waals surface area contributed by atoms with Crippen LogP contribution in [0.3, 0.4) is 0 Å². The van der Waals surface area contributed by atoms with Gasteiger partial charge in [-0.15, -0.1) is 0 Å². The summed E-state index contributed by atoms with van der Waals surface area (Å²) in [4.78, 5) is 45.8. The molecule has 0 spiro atoms. The molecule has 0 atom stereocenters. The molecule has 182 valence electrons. The van der Waals surface area contributed by atoms with Gasteiger partial charge in [0.2, 0.25) is 11.8 Å². The van der Waals surface area contributed by atoms with Gasteiger partial charge in [0.15, 0.2) is 5.82 Å². The van der Waals surface area contributed by atoms with E-state index >= 15 is 0 Å². The molecule has 1 aliphatic rings. The van der Waals surface area contributed by atoms with E-state index in [-0.39, 0.29) is 18.4 Å². The minimum absolute atomic E-state index is 0.0926. The monoisotopic (exact) mass is 475 g/mol. The number of nitrogens with zero attached hydrogens (tertiary/aromatic N) is 6. The fourth-order valence-electron chi connectivity index (χ4n) is 3.72. The van der Waals surface area contributed by atoms with Gasteiger partial charge in [-0.2, -0.15) is 0 Å². The molecule has 0 unspecified atom stereocenters. The third-order valence-electron chi connectivity index (χ3n) is 5.44. The van der Waals surface area contributed by atoms with Crippen molar-refractivity contribution < 1.29 is 9.59 Å². The van der Waals surface area contributed by atoms with E-state index in [0.29, 0.717) is 30.5 Å². The molecular formula is C24H29N9O2. The van der Waals surface area contributed by atoms with Crippen molar-refractivity contribution in [2.45, 2.75) is 6.92 Å². The molecule has 2 amide bonds. The highest BCUT2D eigenvalue weighted by atomic mass is 16.2. The second-order valence-electron chi connectivity index (χ2n) is 8.11. The van der Waals surface area contributed by atoms with Crippen LogP contribution in [-0.2, 0) is 9.59 Å². The Labute approximate surface area is 204 Å². The number of amides is 2. The first-order chi connectivity index (χ1) is 17.1. The number of benzene rings is 1. The molecule has 1 aromatic carbocycles. The molecule has 1 aliphatic heterocycles. The number of carbonyl (C=O) groups is 2. The normalized spacial score (nSPS) is 13.8. The summed E-state index contributed by atoms with van der Waals surface area (Å²) in [5, 5.41) is 8.83. The summed E-state index contributed by atoms with van der Waals surface area (Å²) in [7, 11) is 0. The molecule has 3 heterocycles. The van der Waals surface area contributed by atoms with Crippen molar-refractivity contribution in [1.29, 1.82) is 0 Å². The maximum atomic E-state index is 12.8. The van der Waals surface area contributed by atoms with E-state index in [2.05, 4.69) is 45.7 Å². The van der Waals surface area contributed by atoms with E-state index in [0.717, 1.165) is 37.6 Å². The molecule has 0 aliphatic carbocycles. The van der Waals surface area contributed by atoms with Crippen LogP contribution in [0.4, 0.5) is 17.5 Å². The first kappa shape index (κ1) is 24.0. The van der Waals surface area contributed by atoms with Crippen LogP contribution in [0.2, 0.25) is 0 Å². The first-order valence-electron chi connectivity index (χ1n) is 11.5. The summed E-state index contributed by atoms with van der Waals surface area (Å²) in [5.41, 5.74) is 0.841. The van der Waals surface area contributed by atoms with Crippen molar-refractivity contribution in [1.82, 2.24) is 30.2 Å². The molecule has 0 bridgehead atoms. The molecular weight excluding hydrogens is 446 g/mol. The number of carbonyl (C=O) groups excluding carboxylic acids is 2. The highest BCUT2D eigenvalue weighted by Gasteiger charge is 2.20. The van der Waals surface area contributed by atoms with Crippen LogP contribution >= 0.6 is 0 Å². The molecule has 3 aromatic rings. The number of aromatic nitrogens is 4. The Kier molecular flexibility index (Phi) is 8.12. The van der Waals surface area contributed by atoms with E-state index < -0.39 is 0 Å². The summed E-state index contributed by atoms with van der Waals surface area (Å²) >= 11 is 0. The molecule has 35 heavy (non-hydrogen) atoms. The van der Waals surface area contributed by atoms with Gasteiger partial charge in [0, 0.05) is 70.2 Å². The molecule has 4 rings (SSSR count). The molecule has 1 fully saturated rings. The first-order valence-corrected chi connectivity index (χ1v) is 11.5. The second-order valence-corrected chi connectivity index (χ2v) is 8.11. The maximum Gasteiger partial charge on any atom is 0.239 e. The Morgan fingerprint density at radius 3 is 2.46 bits per heavy atom. The van der Waals surface area contributed by atoms with Gasteiger partial charge in [-0.3, -0.25) is 19.5 Å². The molecule has 1 saturated heterocycles. The molecule has 11 heteroatoms. The third kappa shape index (κ3) is 7.18. The van der Waals surface area contributed by atoms with Crippen LogP contribution in [0.5, 0.6) is 0 Å². The van der Waals surface area contributed by atoms with E-state index in [1.165, 1.54) is 6.92 Å². The van der Waals surface area contributed by atoms with Gasteiger partial charge >= 0.3 is 0 Å². The quantitative estimate of drug-likeness (QED) is 0.392. The standard InChI is InChI=1S/C24H29N9O2/c1-18(34)26-9-10-27-20-15-21(31-24(30-20)19-5-3-2-4-6-19)29-23(35)17-32-11-13-33(14-12-32)22-16-25-7-8-28-22/h2-8,15-16H,9-14,17H2,1H3,(H,26,34)(H2,27,29,30,31,35). The summed E-state index contributed by atoms with van der Waals surface area (Å²) in [6.45, 7) is 5.75. The number of hydrogen-bond donors (Lipinski definition) is 3. The Bertz CT molecular complexity index is 1120. The highest BCUT2D eigenvalue weighted by Crippen LogP contribution is 2.20. The molecule has 0 saturated carbocycles. The lowest BCUT2D eigenvalue weighted by atomic mass is 10.2. The van der Waals surface area contributed by atoms with E-state index in [1.807, 2.05) is 30.3 Å². The van der Waals surface area contributed by atoms with Crippen molar-refractivity contribution >= 4 is 29.3 Å². The van der Waals surface area contributed by atoms with Gasteiger partial charge in [0.1, 0.15) is 17.5 Å². The zero-order chi connectivity index (χ0) is 24.5. The number of piperazine rings is 1.